The molecule has 0 amide bonds. The van der Waals surface area contributed by atoms with Crippen LogP contribution in [0.25, 0.3) is 11.2 Å². The number of rotatable bonds is 8. The number of imidazole rings is 1. The largest absolute Gasteiger partial charge is 0.489 e. The van der Waals surface area contributed by atoms with Gasteiger partial charge in [0.2, 0.25) is 0 Å². The molecule has 0 saturated heterocycles. The highest BCUT2D eigenvalue weighted by molar-refractivity contribution is 5.85. The van der Waals surface area contributed by atoms with E-state index in [2.05, 4.69) is 20.3 Å². The summed E-state index contributed by atoms with van der Waals surface area (Å²) in [6.07, 6.45) is 1.56. The molecule has 2 aromatic heterocycles. The molecule has 3 N–H and O–H groups in total. The average molecular weight is 455 g/mol. The van der Waals surface area contributed by atoms with Gasteiger partial charge in [0.15, 0.2) is 17.0 Å². The summed E-state index contributed by atoms with van der Waals surface area (Å²) in [5.74, 6) is 1.11. The van der Waals surface area contributed by atoms with Gasteiger partial charge in [-0.3, -0.25) is 0 Å². The molecule has 5 rings (SSSR count). The second-order valence-corrected chi connectivity index (χ2v) is 7.87. The van der Waals surface area contributed by atoms with Crippen molar-refractivity contribution in [2.45, 2.75) is 19.6 Å². The maximum absolute atomic E-state index is 14.2. The fraction of sp³-hybridized carbons (Fsp3) is 0.115. The third-order valence-corrected chi connectivity index (χ3v) is 5.40. The third-order valence-electron chi connectivity index (χ3n) is 5.40. The van der Waals surface area contributed by atoms with Crippen molar-refractivity contribution in [3.8, 4) is 5.75 Å². The summed E-state index contributed by atoms with van der Waals surface area (Å²) in [6.45, 7) is 1.12. The van der Waals surface area contributed by atoms with Crippen molar-refractivity contribution in [1.82, 2.24) is 19.5 Å². The van der Waals surface area contributed by atoms with Crippen molar-refractivity contribution in [3.63, 3.8) is 0 Å². The van der Waals surface area contributed by atoms with E-state index >= 15 is 0 Å². The first-order valence-electron chi connectivity index (χ1n) is 10.9. The standard InChI is InChI=1S/C26H23FN6O/c27-26-31-24(30-21-8-4-7-20(28)15-21)23-25(32-26)33(17-29-23)14-13-18-9-11-22(12-10-18)34-16-19-5-2-1-3-6-19/h1-12,15,17H,13-14,16,28H2,(H,30,31,32). The maximum Gasteiger partial charge on any atom is 0.312 e. The zero-order valence-corrected chi connectivity index (χ0v) is 18.4. The number of nitrogen functional groups attached to an aromatic ring is 1. The van der Waals surface area contributed by atoms with E-state index in [0.717, 1.165) is 23.3 Å². The van der Waals surface area contributed by atoms with Crippen molar-refractivity contribution in [2.75, 3.05) is 11.1 Å². The smallest absolute Gasteiger partial charge is 0.312 e. The van der Waals surface area contributed by atoms with Gasteiger partial charge in [-0.25, -0.2) is 4.98 Å². The lowest BCUT2D eigenvalue weighted by Crippen LogP contribution is -2.04. The van der Waals surface area contributed by atoms with Gasteiger partial charge in [-0.15, -0.1) is 0 Å². The number of nitrogens with two attached hydrogens (primary N) is 1. The van der Waals surface area contributed by atoms with E-state index in [1.807, 2.05) is 71.3 Å². The number of hydrogen-bond acceptors (Lipinski definition) is 6. The minimum absolute atomic E-state index is 0.298. The molecule has 0 atom stereocenters. The summed E-state index contributed by atoms with van der Waals surface area (Å²) in [4.78, 5) is 12.3. The Labute approximate surface area is 196 Å². The average Bonchev–Trinajstić information content (AvgIpc) is 3.25. The first-order chi connectivity index (χ1) is 16.6. The van der Waals surface area contributed by atoms with Gasteiger partial charge in [-0.05, 0) is 47.9 Å². The van der Waals surface area contributed by atoms with Gasteiger partial charge in [0.1, 0.15) is 12.4 Å². The number of anilines is 3. The van der Waals surface area contributed by atoms with E-state index in [-0.39, 0.29) is 0 Å². The third kappa shape index (κ3) is 4.96. The van der Waals surface area contributed by atoms with Crippen LogP contribution in [0.15, 0.2) is 85.2 Å². The number of halogens is 1. The van der Waals surface area contributed by atoms with Crippen LogP contribution in [0.1, 0.15) is 11.1 Å². The summed E-state index contributed by atoms with van der Waals surface area (Å²) in [5, 5.41) is 3.08. The molecule has 0 fully saturated rings. The van der Waals surface area contributed by atoms with E-state index in [1.54, 1.807) is 18.5 Å². The highest BCUT2D eigenvalue weighted by atomic mass is 19.1. The first-order valence-corrected chi connectivity index (χ1v) is 10.9. The Morgan fingerprint density at radius 2 is 1.74 bits per heavy atom. The molecule has 5 aromatic rings. The highest BCUT2D eigenvalue weighted by Gasteiger charge is 2.14. The molecular formula is C26H23FN6O. The lowest BCUT2D eigenvalue weighted by Gasteiger charge is -2.09. The van der Waals surface area contributed by atoms with Gasteiger partial charge >= 0.3 is 6.08 Å². The maximum atomic E-state index is 14.2. The molecule has 0 aliphatic rings. The van der Waals surface area contributed by atoms with Crippen molar-refractivity contribution in [2.24, 2.45) is 0 Å². The van der Waals surface area contributed by atoms with E-state index in [0.29, 0.717) is 41.5 Å². The summed E-state index contributed by atoms with van der Waals surface area (Å²) < 4.78 is 21.9. The fourth-order valence-corrected chi connectivity index (χ4v) is 3.66. The normalized spacial score (nSPS) is 11.0. The number of aryl methyl sites for hydroxylation is 2. The van der Waals surface area contributed by atoms with Crippen LogP contribution in [0.2, 0.25) is 0 Å². The molecule has 170 valence electrons. The van der Waals surface area contributed by atoms with Crippen LogP contribution in [0.3, 0.4) is 0 Å². The number of ether oxygens (including phenoxy) is 1. The van der Waals surface area contributed by atoms with Crippen molar-refractivity contribution < 1.29 is 9.13 Å². The Hall–Kier alpha value is -4.46. The second-order valence-electron chi connectivity index (χ2n) is 7.87. The molecule has 0 aliphatic carbocycles. The van der Waals surface area contributed by atoms with Crippen LogP contribution < -0.4 is 15.8 Å². The van der Waals surface area contributed by atoms with Crippen molar-refractivity contribution in [3.05, 3.63) is 102 Å². The topological polar surface area (TPSA) is 90.9 Å². The summed E-state index contributed by atoms with van der Waals surface area (Å²) in [6, 6.07) is 25.2. The molecule has 34 heavy (non-hydrogen) atoms. The molecule has 0 bridgehead atoms. The summed E-state index contributed by atoms with van der Waals surface area (Å²) >= 11 is 0. The quantitative estimate of drug-likeness (QED) is 0.250. The summed E-state index contributed by atoms with van der Waals surface area (Å²) in [7, 11) is 0. The van der Waals surface area contributed by atoms with E-state index in [9.17, 15) is 4.39 Å². The molecule has 0 spiro atoms. The molecule has 8 heteroatoms. The monoisotopic (exact) mass is 454 g/mol. The van der Waals surface area contributed by atoms with Crippen molar-refractivity contribution in [1.29, 1.82) is 0 Å². The number of aromatic nitrogens is 4. The number of nitrogens with zero attached hydrogens (tertiary/aromatic N) is 4. The Morgan fingerprint density at radius 1 is 0.912 bits per heavy atom. The van der Waals surface area contributed by atoms with Crippen LogP contribution in [0, 0.1) is 6.08 Å². The Kier molecular flexibility index (Phi) is 6.03. The molecule has 7 nitrogen and oxygen atoms in total. The first kappa shape index (κ1) is 21.4. The number of fused-ring (bicyclic) bond motifs is 1. The van der Waals surface area contributed by atoms with Crippen LogP contribution in [-0.4, -0.2) is 19.5 Å². The molecule has 0 aliphatic heterocycles. The molecule has 0 saturated carbocycles. The number of benzene rings is 3. The Balaban J connectivity index is 1.26. The molecule has 0 radical (unpaired) electrons. The van der Waals surface area contributed by atoms with Gasteiger partial charge in [-0.1, -0.05) is 48.5 Å². The molecular weight excluding hydrogens is 431 g/mol. The van der Waals surface area contributed by atoms with Crippen LogP contribution in [0.4, 0.5) is 21.6 Å². The second kappa shape index (κ2) is 9.58. The van der Waals surface area contributed by atoms with E-state index < -0.39 is 6.08 Å². The molecule has 3 aromatic carbocycles. The highest BCUT2D eigenvalue weighted by Crippen LogP contribution is 2.24. The zero-order valence-electron chi connectivity index (χ0n) is 18.4. The van der Waals surface area contributed by atoms with Gasteiger partial charge in [-0.2, -0.15) is 14.4 Å². The fourth-order valence-electron chi connectivity index (χ4n) is 3.66. The lowest BCUT2D eigenvalue weighted by molar-refractivity contribution is 0.306. The molecule has 2 heterocycles. The van der Waals surface area contributed by atoms with Crippen LogP contribution in [-0.2, 0) is 19.6 Å². The van der Waals surface area contributed by atoms with Crippen LogP contribution in [0.5, 0.6) is 5.75 Å². The number of hydrogen-bond donors (Lipinski definition) is 2. The van der Waals surface area contributed by atoms with Gasteiger partial charge < -0.3 is 20.4 Å². The van der Waals surface area contributed by atoms with Crippen LogP contribution >= 0.6 is 0 Å². The Morgan fingerprint density at radius 3 is 2.53 bits per heavy atom. The van der Waals surface area contributed by atoms with Gasteiger partial charge in [0.25, 0.3) is 0 Å². The van der Waals surface area contributed by atoms with E-state index in [4.69, 9.17) is 10.5 Å². The molecule has 0 unspecified atom stereocenters. The summed E-state index contributed by atoms with van der Waals surface area (Å²) in [5.41, 5.74) is 10.3. The SMILES string of the molecule is Nc1cccc(Nc2nc(F)nc3c2ncn3CCc2ccc(OCc3ccccc3)cc2)c1. The van der Waals surface area contributed by atoms with Gasteiger partial charge in [0, 0.05) is 17.9 Å². The van der Waals surface area contributed by atoms with E-state index in [1.165, 1.54) is 0 Å². The Bertz CT molecular complexity index is 1400. The predicted octanol–water partition coefficient (Wildman–Crippen LogP) is 5.11. The minimum Gasteiger partial charge on any atom is -0.489 e. The minimum atomic E-state index is -0.819. The zero-order chi connectivity index (χ0) is 23.3. The van der Waals surface area contributed by atoms with Gasteiger partial charge in [0.05, 0.1) is 6.33 Å². The number of nitrogens with one attached hydrogen (secondary N) is 1. The lowest BCUT2D eigenvalue weighted by atomic mass is 10.1. The van der Waals surface area contributed by atoms with Crippen molar-refractivity contribution >= 4 is 28.4 Å². The predicted molar refractivity (Wildman–Crippen MR) is 130 cm³/mol.